The highest BCUT2D eigenvalue weighted by molar-refractivity contribution is 6.33. The Morgan fingerprint density at radius 3 is 1.83 bits per heavy atom. The molecule has 3 aromatic carbocycles. The normalized spacial score (nSPS) is 14.1. The van der Waals surface area contributed by atoms with E-state index in [-0.39, 0.29) is 11.4 Å². The van der Waals surface area contributed by atoms with Crippen molar-refractivity contribution in [1.29, 1.82) is 0 Å². The van der Waals surface area contributed by atoms with Gasteiger partial charge in [-0.3, -0.25) is 4.79 Å². The van der Waals surface area contributed by atoms with Crippen LogP contribution in [0.2, 0.25) is 5.02 Å². The molecule has 0 saturated heterocycles. The highest BCUT2D eigenvalue weighted by atomic mass is 35.5. The molecule has 1 fully saturated rings. The molecular weight excluding hydrogens is 462 g/mol. The number of ether oxygens (including phenoxy) is 3. The van der Waals surface area contributed by atoms with Crippen molar-refractivity contribution in [2.45, 2.75) is 44.2 Å². The fourth-order valence-electron chi connectivity index (χ4n) is 4.73. The third-order valence-electron chi connectivity index (χ3n) is 6.99. The summed E-state index contributed by atoms with van der Waals surface area (Å²) >= 11 is 6.79. The van der Waals surface area contributed by atoms with E-state index in [1.807, 2.05) is 30.3 Å². The van der Waals surface area contributed by atoms with Crippen LogP contribution in [0.5, 0.6) is 11.5 Å². The summed E-state index contributed by atoms with van der Waals surface area (Å²) in [4.78, 5) is 14.5. The number of hydrogen-bond donors (Lipinski definition) is 0. The quantitative estimate of drug-likeness (QED) is 0.300. The van der Waals surface area contributed by atoms with E-state index in [1.165, 1.54) is 7.11 Å². The smallest absolute Gasteiger partial charge is 0.306 e. The Morgan fingerprint density at radius 1 is 0.857 bits per heavy atom. The number of methoxy groups -OCH3 is 3. The van der Waals surface area contributed by atoms with Crippen molar-refractivity contribution in [1.82, 2.24) is 0 Å². The molecule has 0 bridgehead atoms. The van der Waals surface area contributed by atoms with E-state index in [4.69, 9.17) is 25.8 Å². The van der Waals surface area contributed by atoms with Crippen LogP contribution < -0.4 is 14.4 Å². The lowest BCUT2D eigenvalue weighted by molar-refractivity contribution is -0.143. The van der Waals surface area contributed by atoms with Crippen LogP contribution >= 0.6 is 11.6 Å². The fraction of sp³-hybridized carbons (Fsp3) is 0.345. The van der Waals surface area contributed by atoms with Gasteiger partial charge in [0, 0.05) is 18.5 Å². The number of nitrogens with zero attached hydrogens (tertiary/aromatic N) is 1. The third kappa shape index (κ3) is 5.73. The first-order valence-electron chi connectivity index (χ1n) is 11.8. The van der Waals surface area contributed by atoms with Crippen LogP contribution in [-0.2, 0) is 28.0 Å². The molecule has 0 unspecified atom stereocenters. The number of benzene rings is 3. The third-order valence-corrected chi connectivity index (χ3v) is 7.30. The molecule has 0 heterocycles. The van der Waals surface area contributed by atoms with Gasteiger partial charge >= 0.3 is 5.97 Å². The molecule has 3 aromatic rings. The van der Waals surface area contributed by atoms with E-state index < -0.39 is 0 Å². The zero-order valence-electron chi connectivity index (χ0n) is 20.6. The second-order valence-corrected chi connectivity index (χ2v) is 9.51. The van der Waals surface area contributed by atoms with Crippen LogP contribution in [0.4, 0.5) is 5.69 Å². The van der Waals surface area contributed by atoms with Crippen molar-refractivity contribution in [2.24, 2.45) is 0 Å². The summed E-state index contributed by atoms with van der Waals surface area (Å²) < 4.78 is 15.7. The second kappa shape index (κ2) is 11.0. The lowest BCUT2D eigenvalue weighted by Gasteiger charge is -2.42. The number of anilines is 1. The predicted molar refractivity (Wildman–Crippen MR) is 139 cm³/mol. The molecule has 0 aliphatic heterocycles. The van der Waals surface area contributed by atoms with Crippen molar-refractivity contribution >= 4 is 23.3 Å². The lowest BCUT2D eigenvalue weighted by atomic mass is 9.62. The molecule has 0 amide bonds. The Labute approximate surface area is 212 Å². The molecule has 1 aliphatic carbocycles. The summed E-state index contributed by atoms with van der Waals surface area (Å²) in [6.07, 6.45) is 3.44. The molecule has 35 heavy (non-hydrogen) atoms. The SMILES string of the molecule is COC(=O)CC1(c2ccc(Cl)c(N(Cc3ccc(OC)cc3)Cc3ccc(OC)cc3)c2)CCC1. The van der Waals surface area contributed by atoms with Gasteiger partial charge in [-0.1, -0.05) is 48.4 Å². The average Bonchev–Trinajstić information content (AvgIpc) is 2.87. The minimum absolute atomic E-state index is 0.172. The maximum atomic E-state index is 12.2. The fourth-order valence-corrected chi connectivity index (χ4v) is 4.97. The Balaban J connectivity index is 1.69. The number of esters is 1. The standard InChI is InChI=1S/C29H32ClNO4/c1-33-24-10-5-21(6-11-24)19-31(20-22-7-12-25(34-2)13-8-22)27-17-23(9-14-26(27)30)29(15-4-16-29)18-28(32)35-3/h5-14,17H,4,15-16,18-20H2,1-3H3. The molecule has 0 aromatic heterocycles. The van der Waals surface area contributed by atoms with Gasteiger partial charge in [0.1, 0.15) is 11.5 Å². The van der Waals surface area contributed by atoms with Gasteiger partial charge in [-0.25, -0.2) is 0 Å². The van der Waals surface area contributed by atoms with Crippen molar-refractivity contribution < 1.29 is 19.0 Å². The van der Waals surface area contributed by atoms with E-state index in [0.29, 0.717) is 24.5 Å². The highest BCUT2D eigenvalue weighted by Gasteiger charge is 2.41. The minimum atomic E-state index is -0.182. The Kier molecular flexibility index (Phi) is 7.86. The minimum Gasteiger partial charge on any atom is -0.497 e. The molecule has 1 aliphatic rings. The second-order valence-electron chi connectivity index (χ2n) is 9.11. The highest BCUT2D eigenvalue weighted by Crippen LogP contribution is 2.48. The monoisotopic (exact) mass is 493 g/mol. The van der Waals surface area contributed by atoms with Crippen LogP contribution in [0, 0.1) is 0 Å². The van der Waals surface area contributed by atoms with Gasteiger partial charge in [-0.15, -0.1) is 0 Å². The summed E-state index contributed by atoms with van der Waals surface area (Å²) in [5.74, 6) is 1.48. The van der Waals surface area contributed by atoms with Gasteiger partial charge in [0.15, 0.2) is 0 Å². The first kappa shape index (κ1) is 24.9. The van der Waals surface area contributed by atoms with Crippen molar-refractivity contribution in [3.05, 3.63) is 88.4 Å². The average molecular weight is 494 g/mol. The number of halogens is 1. The predicted octanol–water partition coefficient (Wildman–Crippen LogP) is 6.55. The van der Waals surface area contributed by atoms with Gasteiger partial charge in [0.2, 0.25) is 0 Å². The Morgan fingerprint density at radius 2 is 1.40 bits per heavy atom. The summed E-state index contributed by atoms with van der Waals surface area (Å²) in [5, 5.41) is 0.684. The van der Waals surface area contributed by atoms with Gasteiger partial charge in [0.25, 0.3) is 0 Å². The summed E-state index contributed by atoms with van der Waals surface area (Å²) in [6, 6.07) is 22.4. The Bertz CT molecular complexity index is 1090. The van der Waals surface area contributed by atoms with Gasteiger partial charge in [-0.05, 0) is 65.9 Å². The lowest BCUT2D eigenvalue weighted by Crippen LogP contribution is -2.37. The molecule has 4 rings (SSSR count). The zero-order chi connectivity index (χ0) is 24.8. The van der Waals surface area contributed by atoms with Crippen molar-refractivity contribution in [3.8, 4) is 11.5 Å². The van der Waals surface area contributed by atoms with Crippen molar-refractivity contribution in [3.63, 3.8) is 0 Å². The van der Waals surface area contributed by atoms with Crippen LogP contribution in [-0.4, -0.2) is 27.3 Å². The molecule has 184 valence electrons. The Hall–Kier alpha value is -3.18. The first-order chi connectivity index (χ1) is 17.0. The summed E-state index contributed by atoms with van der Waals surface area (Å²) in [7, 11) is 4.79. The number of carbonyl (C=O) groups excluding carboxylic acids is 1. The first-order valence-corrected chi connectivity index (χ1v) is 12.2. The number of rotatable bonds is 10. The molecule has 6 heteroatoms. The topological polar surface area (TPSA) is 48.0 Å². The van der Waals surface area contributed by atoms with E-state index >= 15 is 0 Å². The van der Waals surface area contributed by atoms with E-state index in [0.717, 1.165) is 53.1 Å². The molecule has 0 radical (unpaired) electrons. The number of hydrogen-bond acceptors (Lipinski definition) is 5. The van der Waals surface area contributed by atoms with Gasteiger partial charge in [-0.2, -0.15) is 0 Å². The molecule has 0 atom stereocenters. The molecule has 0 N–H and O–H groups in total. The van der Waals surface area contributed by atoms with Gasteiger partial charge < -0.3 is 19.1 Å². The van der Waals surface area contributed by atoms with E-state index in [9.17, 15) is 4.79 Å². The molecule has 0 spiro atoms. The maximum Gasteiger partial charge on any atom is 0.306 e. The van der Waals surface area contributed by atoms with E-state index in [2.05, 4.69) is 41.3 Å². The van der Waals surface area contributed by atoms with Crippen LogP contribution in [0.3, 0.4) is 0 Å². The van der Waals surface area contributed by atoms with E-state index in [1.54, 1.807) is 14.2 Å². The molecular formula is C29H32ClNO4. The maximum absolute atomic E-state index is 12.2. The molecule has 5 nitrogen and oxygen atoms in total. The molecule has 1 saturated carbocycles. The summed E-state index contributed by atoms with van der Waals surface area (Å²) in [5.41, 5.74) is 4.20. The van der Waals surface area contributed by atoms with Crippen LogP contribution in [0.25, 0.3) is 0 Å². The summed E-state index contributed by atoms with van der Waals surface area (Å²) in [6.45, 7) is 1.34. The van der Waals surface area contributed by atoms with Crippen LogP contribution in [0.1, 0.15) is 42.4 Å². The van der Waals surface area contributed by atoms with Crippen molar-refractivity contribution in [2.75, 3.05) is 26.2 Å². The largest absolute Gasteiger partial charge is 0.497 e. The number of carbonyl (C=O) groups is 1. The van der Waals surface area contributed by atoms with Crippen LogP contribution in [0.15, 0.2) is 66.7 Å². The zero-order valence-corrected chi connectivity index (χ0v) is 21.3. The van der Waals surface area contributed by atoms with Gasteiger partial charge in [0.05, 0.1) is 38.5 Å².